The summed E-state index contributed by atoms with van der Waals surface area (Å²) in [7, 11) is 1.28. The van der Waals surface area contributed by atoms with Crippen molar-refractivity contribution in [2.45, 2.75) is 6.61 Å². The molecule has 0 aliphatic rings. The van der Waals surface area contributed by atoms with E-state index in [0.29, 0.717) is 29.3 Å². The lowest BCUT2D eigenvalue weighted by molar-refractivity contribution is 0.0592. The highest BCUT2D eigenvalue weighted by molar-refractivity contribution is 5.90. The van der Waals surface area contributed by atoms with Crippen LogP contribution in [0.4, 0.5) is 0 Å². The molecule has 0 radical (unpaired) electrons. The van der Waals surface area contributed by atoms with E-state index in [-0.39, 0.29) is 11.3 Å². The van der Waals surface area contributed by atoms with Crippen LogP contribution in [0.1, 0.15) is 26.4 Å². The van der Waals surface area contributed by atoms with Crippen LogP contribution in [0.2, 0.25) is 0 Å². The monoisotopic (exact) mass is 428 g/mol. The molecule has 0 fully saturated rings. The second-order valence-electron chi connectivity index (χ2n) is 6.94. The van der Waals surface area contributed by atoms with Crippen molar-refractivity contribution < 1.29 is 24.2 Å². The summed E-state index contributed by atoms with van der Waals surface area (Å²) in [6, 6.07) is 25.1. The topological polar surface area (TPSA) is 90.7 Å². The second-order valence-corrected chi connectivity index (χ2v) is 6.94. The number of aromatic nitrogens is 2. The maximum absolute atomic E-state index is 12.2. The fraction of sp³-hybridized carbons (Fsp3) is 0.0800. The number of rotatable bonds is 7. The Kier molecular flexibility index (Phi) is 5.98. The van der Waals surface area contributed by atoms with E-state index in [2.05, 4.69) is 5.10 Å². The third-order valence-corrected chi connectivity index (χ3v) is 4.84. The number of carbonyl (C=O) groups is 2. The van der Waals surface area contributed by atoms with Gasteiger partial charge in [-0.2, -0.15) is 5.10 Å². The average molecular weight is 428 g/mol. The molecule has 7 heteroatoms. The Morgan fingerprint density at radius 1 is 0.938 bits per heavy atom. The number of para-hydroxylation sites is 1. The highest BCUT2D eigenvalue weighted by atomic mass is 16.5. The van der Waals surface area contributed by atoms with Crippen molar-refractivity contribution in [2.75, 3.05) is 7.11 Å². The summed E-state index contributed by atoms with van der Waals surface area (Å²) >= 11 is 0. The van der Waals surface area contributed by atoms with Crippen molar-refractivity contribution in [2.24, 2.45) is 0 Å². The fourth-order valence-corrected chi connectivity index (χ4v) is 3.28. The molecule has 0 aliphatic carbocycles. The molecule has 160 valence electrons. The molecule has 0 atom stereocenters. The van der Waals surface area contributed by atoms with Crippen LogP contribution in [0.3, 0.4) is 0 Å². The first-order valence-corrected chi connectivity index (χ1v) is 9.85. The Morgan fingerprint density at radius 2 is 1.69 bits per heavy atom. The van der Waals surface area contributed by atoms with Crippen LogP contribution in [-0.4, -0.2) is 33.9 Å². The summed E-state index contributed by atoms with van der Waals surface area (Å²) in [5.74, 6) is -1.05. The normalized spacial score (nSPS) is 10.5. The Morgan fingerprint density at radius 3 is 2.44 bits per heavy atom. The zero-order valence-electron chi connectivity index (χ0n) is 17.3. The van der Waals surface area contributed by atoms with Crippen molar-refractivity contribution in [1.82, 2.24) is 9.78 Å². The minimum atomic E-state index is -1.06. The first kappa shape index (κ1) is 20.9. The van der Waals surface area contributed by atoms with Crippen LogP contribution in [-0.2, 0) is 11.3 Å². The number of aromatic carboxylic acids is 1. The van der Waals surface area contributed by atoms with Gasteiger partial charge in [0.2, 0.25) is 0 Å². The molecule has 0 saturated carbocycles. The quantitative estimate of drug-likeness (QED) is 0.433. The number of hydrogen-bond donors (Lipinski definition) is 1. The van der Waals surface area contributed by atoms with Gasteiger partial charge in [-0.25, -0.2) is 14.3 Å². The predicted molar refractivity (Wildman–Crippen MR) is 118 cm³/mol. The number of carboxylic acids is 1. The summed E-state index contributed by atoms with van der Waals surface area (Å²) in [4.78, 5) is 23.6. The van der Waals surface area contributed by atoms with Gasteiger partial charge >= 0.3 is 11.9 Å². The molecule has 32 heavy (non-hydrogen) atoms. The van der Waals surface area contributed by atoms with Gasteiger partial charge in [-0.1, -0.05) is 48.5 Å². The number of benzene rings is 3. The molecule has 0 amide bonds. The molecular weight excluding hydrogens is 408 g/mol. The molecule has 1 aromatic heterocycles. The van der Waals surface area contributed by atoms with Crippen molar-refractivity contribution in [3.8, 4) is 22.7 Å². The number of nitrogens with zero attached hydrogens (tertiary/aromatic N) is 2. The number of carbonyl (C=O) groups excluding carboxylic acids is 1. The van der Waals surface area contributed by atoms with Gasteiger partial charge in [0.25, 0.3) is 0 Å². The number of ether oxygens (including phenoxy) is 2. The first-order chi connectivity index (χ1) is 15.6. The van der Waals surface area contributed by atoms with E-state index in [0.717, 1.165) is 5.56 Å². The Hall–Kier alpha value is -4.39. The number of esters is 1. The van der Waals surface area contributed by atoms with E-state index in [1.165, 1.54) is 23.9 Å². The van der Waals surface area contributed by atoms with E-state index >= 15 is 0 Å². The lowest BCUT2D eigenvalue weighted by Crippen LogP contribution is -2.06. The van der Waals surface area contributed by atoms with Gasteiger partial charge in [0.15, 0.2) is 5.69 Å². The smallest absolute Gasteiger partial charge is 0.358 e. The largest absolute Gasteiger partial charge is 0.488 e. The molecule has 4 rings (SSSR count). The van der Waals surface area contributed by atoms with Gasteiger partial charge in [0.05, 0.1) is 24.1 Å². The summed E-state index contributed by atoms with van der Waals surface area (Å²) < 4.78 is 12.4. The summed E-state index contributed by atoms with van der Waals surface area (Å²) in [5, 5.41) is 13.8. The fourth-order valence-electron chi connectivity index (χ4n) is 3.28. The highest BCUT2D eigenvalue weighted by Crippen LogP contribution is 2.33. The predicted octanol–water partition coefficient (Wildman–Crippen LogP) is 4.60. The van der Waals surface area contributed by atoms with Gasteiger partial charge < -0.3 is 14.6 Å². The average Bonchev–Trinajstić information content (AvgIpc) is 3.28. The maximum Gasteiger partial charge on any atom is 0.358 e. The van der Waals surface area contributed by atoms with E-state index in [4.69, 9.17) is 9.47 Å². The number of carboxylic acid groups (broad SMARTS) is 1. The van der Waals surface area contributed by atoms with Gasteiger partial charge in [-0.05, 0) is 42.0 Å². The molecule has 0 saturated heterocycles. The SMILES string of the molecule is COC(=O)c1cc(-c2ccccc2OCc2ccccc2)n(-c2cccc(C(=O)O)c2)n1. The molecule has 7 nitrogen and oxygen atoms in total. The lowest BCUT2D eigenvalue weighted by atomic mass is 10.1. The van der Waals surface area contributed by atoms with E-state index in [1.807, 2.05) is 54.6 Å². The van der Waals surface area contributed by atoms with Crippen molar-refractivity contribution in [3.63, 3.8) is 0 Å². The molecule has 0 bridgehead atoms. The Balaban J connectivity index is 1.80. The van der Waals surface area contributed by atoms with Crippen LogP contribution in [0.5, 0.6) is 5.75 Å². The molecule has 0 unspecified atom stereocenters. The van der Waals surface area contributed by atoms with Crippen LogP contribution < -0.4 is 4.74 Å². The third-order valence-electron chi connectivity index (χ3n) is 4.84. The first-order valence-electron chi connectivity index (χ1n) is 9.85. The second kappa shape index (κ2) is 9.18. The Labute approximate surface area is 184 Å². The third kappa shape index (κ3) is 4.37. The molecule has 0 aliphatic heterocycles. The summed E-state index contributed by atoms with van der Waals surface area (Å²) in [6.07, 6.45) is 0. The minimum Gasteiger partial charge on any atom is -0.488 e. The van der Waals surface area contributed by atoms with Gasteiger partial charge in [-0.15, -0.1) is 0 Å². The van der Waals surface area contributed by atoms with Gasteiger partial charge in [0, 0.05) is 5.56 Å². The highest BCUT2D eigenvalue weighted by Gasteiger charge is 2.20. The number of hydrogen-bond acceptors (Lipinski definition) is 5. The van der Waals surface area contributed by atoms with Crippen LogP contribution in [0.25, 0.3) is 16.9 Å². The van der Waals surface area contributed by atoms with Gasteiger partial charge in [0.1, 0.15) is 12.4 Å². The number of methoxy groups -OCH3 is 1. The molecule has 4 aromatic rings. The zero-order chi connectivity index (χ0) is 22.5. The molecule has 1 N–H and O–H groups in total. The van der Waals surface area contributed by atoms with E-state index in [9.17, 15) is 14.7 Å². The Bertz CT molecular complexity index is 1260. The van der Waals surface area contributed by atoms with E-state index in [1.54, 1.807) is 18.2 Å². The molecular formula is C25H20N2O5. The van der Waals surface area contributed by atoms with Crippen molar-refractivity contribution in [3.05, 3.63) is 102 Å². The summed E-state index contributed by atoms with van der Waals surface area (Å²) in [5.41, 5.74) is 2.98. The van der Waals surface area contributed by atoms with Crippen LogP contribution >= 0.6 is 0 Å². The molecule has 0 spiro atoms. The molecule has 3 aromatic carbocycles. The molecule has 1 heterocycles. The van der Waals surface area contributed by atoms with Gasteiger partial charge in [-0.3, -0.25) is 0 Å². The van der Waals surface area contributed by atoms with Crippen molar-refractivity contribution in [1.29, 1.82) is 0 Å². The minimum absolute atomic E-state index is 0.0982. The van der Waals surface area contributed by atoms with Crippen LogP contribution in [0.15, 0.2) is 84.9 Å². The van der Waals surface area contributed by atoms with Crippen molar-refractivity contribution >= 4 is 11.9 Å². The van der Waals surface area contributed by atoms with Crippen LogP contribution in [0, 0.1) is 0 Å². The zero-order valence-corrected chi connectivity index (χ0v) is 17.3. The van der Waals surface area contributed by atoms with E-state index < -0.39 is 11.9 Å². The summed E-state index contributed by atoms with van der Waals surface area (Å²) in [6.45, 7) is 0.365. The lowest BCUT2D eigenvalue weighted by Gasteiger charge is -2.13. The standard InChI is InChI=1S/C25H20N2O5/c1-31-25(30)21-15-22(27(26-21)19-11-7-10-18(14-19)24(28)29)20-12-5-6-13-23(20)32-16-17-8-3-2-4-9-17/h2-15H,16H2,1H3,(H,28,29). The maximum atomic E-state index is 12.2.